The molecule has 1 heterocycles. The number of nitrogens with one attached hydrogen (secondary N) is 1. The van der Waals surface area contributed by atoms with Gasteiger partial charge in [-0.1, -0.05) is 18.2 Å². The summed E-state index contributed by atoms with van der Waals surface area (Å²) in [7, 11) is -3.99. The second kappa shape index (κ2) is 6.03. The van der Waals surface area contributed by atoms with Crippen molar-refractivity contribution in [2.75, 3.05) is 11.9 Å². The van der Waals surface area contributed by atoms with E-state index in [1.165, 1.54) is 18.2 Å². The number of sulfonamides is 1. The molecule has 3 rings (SSSR count). The van der Waals surface area contributed by atoms with Gasteiger partial charge in [-0.25, -0.2) is 12.7 Å². The predicted octanol–water partition coefficient (Wildman–Crippen LogP) is 2.54. The van der Waals surface area contributed by atoms with Crippen molar-refractivity contribution >= 4 is 43.5 Å². The van der Waals surface area contributed by atoms with Crippen LogP contribution in [0.5, 0.6) is 0 Å². The Labute approximate surface area is 147 Å². The molecule has 0 unspecified atom stereocenters. The molecule has 0 aliphatic carbocycles. The fraction of sp³-hybridized carbons (Fsp3) is 0.125. The van der Waals surface area contributed by atoms with Gasteiger partial charge in [-0.3, -0.25) is 9.59 Å². The molecule has 8 heteroatoms. The summed E-state index contributed by atoms with van der Waals surface area (Å²) in [6.45, 7) is 1.33. The van der Waals surface area contributed by atoms with Crippen LogP contribution in [0, 0.1) is 6.92 Å². The third kappa shape index (κ3) is 2.83. The third-order valence-electron chi connectivity index (χ3n) is 3.60. The normalized spacial score (nSPS) is 15.2. The van der Waals surface area contributed by atoms with E-state index in [0.29, 0.717) is 14.5 Å². The summed E-state index contributed by atoms with van der Waals surface area (Å²) in [6.07, 6.45) is 0. The summed E-state index contributed by atoms with van der Waals surface area (Å²) in [5, 5.41) is 2.61. The van der Waals surface area contributed by atoms with Crippen LogP contribution in [0.15, 0.2) is 51.8 Å². The molecule has 2 aromatic rings. The van der Waals surface area contributed by atoms with Crippen LogP contribution in [-0.4, -0.2) is 31.1 Å². The first kappa shape index (κ1) is 16.7. The van der Waals surface area contributed by atoms with Crippen molar-refractivity contribution in [2.24, 2.45) is 0 Å². The van der Waals surface area contributed by atoms with Crippen LogP contribution in [-0.2, 0) is 14.8 Å². The van der Waals surface area contributed by atoms with Gasteiger partial charge in [0.2, 0.25) is 5.91 Å². The number of carbonyl (C=O) groups is 2. The van der Waals surface area contributed by atoms with E-state index in [2.05, 4.69) is 21.2 Å². The average molecular weight is 409 g/mol. The van der Waals surface area contributed by atoms with Gasteiger partial charge in [0.1, 0.15) is 11.4 Å². The lowest BCUT2D eigenvalue weighted by Crippen LogP contribution is -2.37. The lowest BCUT2D eigenvalue weighted by Gasteiger charge is -2.15. The van der Waals surface area contributed by atoms with Gasteiger partial charge in [0.15, 0.2) is 0 Å². The summed E-state index contributed by atoms with van der Waals surface area (Å²) in [5.74, 6) is -1.28. The lowest BCUT2D eigenvalue weighted by atomic mass is 10.2. The lowest BCUT2D eigenvalue weighted by molar-refractivity contribution is -0.116. The van der Waals surface area contributed by atoms with E-state index in [9.17, 15) is 18.0 Å². The molecule has 0 saturated heterocycles. The van der Waals surface area contributed by atoms with Crippen molar-refractivity contribution in [3.05, 3.63) is 58.1 Å². The minimum absolute atomic E-state index is 0.0701. The topological polar surface area (TPSA) is 83.6 Å². The van der Waals surface area contributed by atoms with E-state index >= 15 is 0 Å². The van der Waals surface area contributed by atoms with E-state index in [1.807, 2.05) is 19.1 Å². The van der Waals surface area contributed by atoms with Gasteiger partial charge >= 0.3 is 0 Å². The average Bonchev–Trinajstić information content (AvgIpc) is 2.72. The number of fused-ring (bicyclic) bond motifs is 1. The Hall–Kier alpha value is -2.19. The number of nitrogens with zero attached hydrogens (tertiary/aromatic N) is 1. The number of amides is 2. The van der Waals surface area contributed by atoms with Gasteiger partial charge in [-0.2, -0.15) is 0 Å². The molecular formula is C16H13BrN2O4S. The summed E-state index contributed by atoms with van der Waals surface area (Å²) in [4.78, 5) is 24.4. The van der Waals surface area contributed by atoms with Gasteiger partial charge in [0, 0.05) is 4.47 Å². The first-order chi connectivity index (χ1) is 11.3. The van der Waals surface area contributed by atoms with E-state index in [4.69, 9.17) is 0 Å². The highest BCUT2D eigenvalue weighted by molar-refractivity contribution is 9.10. The van der Waals surface area contributed by atoms with Crippen LogP contribution in [0.1, 0.15) is 15.9 Å². The number of benzene rings is 2. The quantitative estimate of drug-likeness (QED) is 0.845. The Balaban J connectivity index is 1.82. The molecular weight excluding hydrogens is 396 g/mol. The maximum atomic E-state index is 12.4. The van der Waals surface area contributed by atoms with Crippen molar-refractivity contribution < 1.29 is 18.0 Å². The molecule has 0 fully saturated rings. The van der Waals surface area contributed by atoms with Gasteiger partial charge in [0.05, 0.1) is 11.3 Å². The van der Waals surface area contributed by atoms with Crippen LogP contribution in [0.4, 0.5) is 5.69 Å². The fourth-order valence-corrected chi connectivity index (χ4v) is 4.55. The Morgan fingerprint density at radius 1 is 1.21 bits per heavy atom. The van der Waals surface area contributed by atoms with Crippen molar-refractivity contribution in [1.29, 1.82) is 0 Å². The smallest absolute Gasteiger partial charge is 0.269 e. The summed E-state index contributed by atoms with van der Waals surface area (Å²) >= 11 is 3.33. The highest BCUT2D eigenvalue weighted by Gasteiger charge is 2.41. The van der Waals surface area contributed by atoms with Crippen molar-refractivity contribution in [3.63, 3.8) is 0 Å². The molecule has 2 aromatic carbocycles. The Bertz CT molecular complexity index is 956. The number of carbonyl (C=O) groups excluding carboxylic acids is 2. The van der Waals surface area contributed by atoms with Crippen molar-refractivity contribution in [2.45, 2.75) is 11.8 Å². The van der Waals surface area contributed by atoms with E-state index < -0.39 is 28.4 Å². The molecule has 0 atom stereocenters. The SMILES string of the molecule is Cc1ccc(NC(=O)CN2C(=O)c3ccccc3S2(=O)=O)c(Br)c1. The molecule has 0 bridgehead atoms. The largest absolute Gasteiger partial charge is 0.323 e. The first-order valence-corrected chi connectivity index (χ1v) is 9.26. The second-order valence-corrected chi connectivity index (χ2v) is 8.03. The predicted molar refractivity (Wildman–Crippen MR) is 92.2 cm³/mol. The Morgan fingerprint density at radius 3 is 2.58 bits per heavy atom. The minimum Gasteiger partial charge on any atom is -0.323 e. The summed E-state index contributed by atoms with van der Waals surface area (Å²) in [6, 6.07) is 11.3. The number of hydrogen-bond acceptors (Lipinski definition) is 4. The van der Waals surface area contributed by atoms with Crippen molar-refractivity contribution in [3.8, 4) is 0 Å². The maximum absolute atomic E-state index is 12.4. The second-order valence-electron chi connectivity index (χ2n) is 5.34. The molecule has 1 aliphatic heterocycles. The van der Waals surface area contributed by atoms with Crippen LogP contribution < -0.4 is 5.32 Å². The molecule has 1 aliphatic rings. The first-order valence-electron chi connectivity index (χ1n) is 7.03. The third-order valence-corrected chi connectivity index (χ3v) is 6.04. The van der Waals surface area contributed by atoms with Gasteiger partial charge in [-0.05, 0) is 52.7 Å². The van der Waals surface area contributed by atoms with E-state index in [-0.39, 0.29) is 10.5 Å². The van der Waals surface area contributed by atoms with Crippen LogP contribution in [0.25, 0.3) is 0 Å². The van der Waals surface area contributed by atoms with Gasteiger partial charge < -0.3 is 5.32 Å². The molecule has 24 heavy (non-hydrogen) atoms. The molecule has 0 saturated carbocycles. The molecule has 1 N–H and O–H groups in total. The van der Waals surface area contributed by atoms with Crippen molar-refractivity contribution in [1.82, 2.24) is 4.31 Å². The van der Waals surface area contributed by atoms with Crippen LogP contribution in [0.2, 0.25) is 0 Å². The zero-order valence-electron chi connectivity index (χ0n) is 12.6. The monoisotopic (exact) mass is 408 g/mol. The molecule has 0 spiro atoms. The molecule has 0 aromatic heterocycles. The standard InChI is InChI=1S/C16H13BrN2O4S/c1-10-6-7-13(12(17)8-10)18-15(20)9-19-16(21)11-4-2-3-5-14(11)24(19,22)23/h2-8H,9H2,1H3,(H,18,20). The summed E-state index contributed by atoms with van der Waals surface area (Å²) < 4.78 is 26.1. The van der Waals surface area contributed by atoms with Crippen LogP contribution in [0.3, 0.4) is 0 Å². The zero-order valence-corrected chi connectivity index (χ0v) is 15.0. The molecule has 6 nitrogen and oxygen atoms in total. The summed E-state index contributed by atoms with van der Waals surface area (Å²) in [5.41, 5.74) is 1.60. The maximum Gasteiger partial charge on any atom is 0.269 e. The number of anilines is 1. The van der Waals surface area contributed by atoms with E-state index in [1.54, 1.807) is 12.1 Å². The number of rotatable bonds is 3. The minimum atomic E-state index is -3.99. The molecule has 2 amide bonds. The number of hydrogen-bond donors (Lipinski definition) is 1. The Kier molecular flexibility index (Phi) is 4.18. The zero-order chi connectivity index (χ0) is 17.5. The fourth-order valence-electron chi connectivity index (χ4n) is 2.43. The number of halogens is 1. The highest BCUT2D eigenvalue weighted by atomic mass is 79.9. The molecule has 124 valence electrons. The number of aryl methyl sites for hydroxylation is 1. The van der Waals surface area contributed by atoms with E-state index in [0.717, 1.165) is 5.56 Å². The molecule has 0 radical (unpaired) electrons. The highest BCUT2D eigenvalue weighted by Crippen LogP contribution is 2.30. The Morgan fingerprint density at radius 2 is 1.92 bits per heavy atom. The van der Waals surface area contributed by atoms with Gasteiger partial charge in [-0.15, -0.1) is 0 Å². The van der Waals surface area contributed by atoms with Crippen LogP contribution >= 0.6 is 15.9 Å². The van der Waals surface area contributed by atoms with Gasteiger partial charge in [0.25, 0.3) is 15.9 Å².